The summed E-state index contributed by atoms with van der Waals surface area (Å²) in [6.07, 6.45) is 0.816. The van der Waals surface area contributed by atoms with E-state index in [4.69, 9.17) is 11.5 Å². The number of H-pyrrole nitrogens is 1. The molecule has 78 valence electrons. The fraction of sp³-hybridized carbons (Fsp3) is 0.429. The average molecular weight is 202 g/mol. The highest BCUT2D eigenvalue weighted by atomic mass is 19.1. The van der Waals surface area contributed by atoms with Crippen LogP contribution in [0.25, 0.3) is 0 Å². The standard InChI is InChI=1S/C7H11FN4O2/c8-5-3-12(2-4(10)1-9)7(14)11-6(5)13/h3-4H,1-2,9-10H2,(H,11,13,14)/t4-/m1/s1. The third kappa shape index (κ3) is 2.27. The van der Waals surface area contributed by atoms with Gasteiger partial charge in [-0.25, -0.2) is 4.79 Å². The third-order valence-corrected chi connectivity index (χ3v) is 1.70. The van der Waals surface area contributed by atoms with Gasteiger partial charge in [0, 0.05) is 19.1 Å². The van der Waals surface area contributed by atoms with Gasteiger partial charge in [-0.1, -0.05) is 0 Å². The Kier molecular flexibility index (Phi) is 3.15. The minimum Gasteiger partial charge on any atom is -0.329 e. The summed E-state index contributed by atoms with van der Waals surface area (Å²) in [5.41, 5.74) is 8.97. The first-order valence-corrected chi connectivity index (χ1v) is 3.99. The molecule has 1 aromatic rings. The molecule has 0 radical (unpaired) electrons. The molecule has 6 nitrogen and oxygen atoms in total. The fourth-order valence-electron chi connectivity index (χ4n) is 0.946. The van der Waals surface area contributed by atoms with Crippen LogP contribution in [0.3, 0.4) is 0 Å². The minimum atomic E-state index is -1.03. The molecule has 0 spiro atoms. The van der Waals surface area contributed by atoms with Crippen LogP contribution in [-0.2, 0) is 6.54 Å². The first kappa shape index (κ1) is 10.6. The molecular formula is C7H11FN4O2. The van der Waals surface area contributed by atoms with Gasteiger partial charge in [0.2, 0.25) is 5.82 Å². The van der Waals surface area contributed by atoms with Crippen LogP contribution in [-0.4, -0.2) is 22.1 Å². The van der Waals surface area contributed by atoms with E-state index < -0.39 is 23.1 Å². The van der Waals surface area contributed by atoms with Crippen molar-refractivity contribution in [3.05, 3.63) is 32.9 Å². The van der Waals surface area contributed by atoms with Crippen LogP contribution in [0.4, 0.5) is 4.39 Å². The summed E-state index contributed by atoms with van der Waals surface area (Å²) in [5.74, 6) is -1.02. The maximum absolute atomic E-state index is 12.7. The zero-order valence-electron chi connectivity index (χ0n) is 7.37. The summed E-state index contributed by atoms with van der Waals surface area (Å²) in [7, 11) is 0. The topological polar surface area (TPSA) is 107 Å². The molecule has 0 aromatic carbocycles. The van der Waals surface area contributed by atoms with Gasteiger partial charge in [0.1, 0.15) is 0 Å². The SMILES string of the molecule is NC[C@@H](N)Cn1cc(F)c(=O)[nH]c1=O. The highest BCUT2D eigenvalue weighted by Gasteiger charge is 2.06. The minimum absolute atomic E-state index is 0.0725. The number of hydrogen-bond donors (Lipinski definition) is 3. The van der Waals surface area contributed by atoms with Gasteiger partial charge in [-0.05, 0) is 0 Å². The Morgan fingerprint density at radius 1 is 1.57 bits per heavy atom. The molecular weight excluding hydrogens is 191 g/mol. The Morgan fingerprint density at radius 3 is 2.79 bits per heavy atom. The predicted molar refractivity (Wildman–Crippen MR) is 48.3 cm³/mol. The van der Waals surface area contributed by atoms with Crippen molar-refractivity contribution in [2.24, 2.45) is 11.5 Å². The smallest absolute Gasteiger partial charge is 0.328 e. The van der Waals surface area contributed by atoms with Crippen molar-refractivity contribution in [3.8, 4) is 0 Å². The lowest BCUT2D eigenvalue weighted by atomic mass is 10.3. The molecule has 0 aliphatic rings. The van der Waals surface area contributed by atoms with Crippen LogP contribution in [0.15, 0.2) is 15.8 Å². The number of nitrogens with one attached hydrogen (secondary N) is 1. The monoisotopic (exact) mass is 202 g/mol. The Morgan fingerprint density at radius 2 is 2.21 bits per heavy atom. The summed E-state index contributed by atoms with van der Waals surface area (Å²) in [6, 6.07) is -0.446. The number of rotatable bonds is 3. The van der Waals surface area contributed by atoms with E-state index in [0.717, 1.165) is 10.8 Å². The van der Waals surface area contributed by atoms with Crippen LogP contribution >= 0.6 is 0 Å². The van der Waals surface area contributed by atoms with E-state index in [2.05, 4.69) is 0 Å². The molecule has 5 N–H and O–H groups in total. The van der Waals surface area contributed by atoms with Gasteiger partial charge in [0.05, 0.1) is 6.20 Å². The number of nitrogens with zero attached hydrogens (tertiary/aromatic N) is 1. The van der Waals surface area contributed by atoms with E-state index in [9.17, 15) is 14.0 Å². The first-order valence-electron chi connectivity index (χ1n) is 3.99. The quantitative estimate of drug-likeness (QED) is 0.525. The first-order chi connectivity index (χ1) is 6.54. The molecule has 0 aliphatic heterocycles. The van der Waals surface area contributed by atoms with Crippen LogP contribution in [0.2, 0.25) is 0 Å². The number of nitrogens with two attached hydrogens (primary N) is 2. The summed E-state index contributed by atoms with van der Waals surface area (Å²) in [4.78, 5) is 23.6. The molecule has 0 unspecified atom stereocenters. The highest BCUT2D eigenvalue weighted by molar-refractivity contribution is 4.87. The molecule has 1 atom stereocenters. The Bertz CT molecular complexity index is 424. The van der Waals surface area contributed by atoms with Crippen molar-refractivity contribution in [1.29, 1.82) is 0 Å². The molecule has 0 bridgehead atoms. The molecule has 0 saturated heterocycles. The highest BCUT2D eigenvalue weighted by Crippen LogP contribution is 1.86. The summed E-state index contributed by atoms with van der Waals surface area (Å²) in [5, 5.41) is 0. The molecule has 7 heteroatoms. The van der Waals surface area contributed by atoms with Gasteiger partial charge < -0.3 is 11.5 Å². The molecule has 1 aromatic heterocycles. The lowest BCUT2D eigenvalue weighted by Crippen LogP contribution is -2.40. The van der Waals surface area contributed by atoms with Crippen molar-refractivity contribution in [2.45, 2.75) is 12.6 Å². The lowest BCUT2D eigenvalue weighted by molar-refractivity contribution is 0.505. The second-order valence-corrected chi connectivity index (χ2v) is 2.88. The molecule has 0 aliphatic carbocycles. The van der Waals surface area contributed by atoms with Crippen LogP contribution in [0.1, 0.15) is 0 Å². The average Bonchev–Trinajstić information content (AvgIpc) is 2.14. The summed E-state index contributed by atoms with van der Waals surface area (Å²) >= 11 is 0. The normalized spacial score (nSPS) is 12.8. The number of aromatic amines is 1. The van der Waals surface area contributed by atoms with Crippen molar-refractivity contribution >= 4 is 0 Å². The van der Waals surface area contributed by atoms with Gasteiger partial charge in [-0.3, -0.25) is 14.3 Å². The maximum atomic E-state index is 12.7. The predicted octanol–water partition coefficient (Wildman–Crippen LogP) is -2.04. The molecule has 0 saturated carbocycles. The van der Waals surface area contributed by atoms with Crippen molar-refractivity contribution in [1.82, 2.24) is 9.55 Å². The Hall–Kier alpha value is -1.47. The van der Waals surface area contributed by atoms with E-state index in [1.165, 1.54) is 0 Å². The Labute approximate surface area is 78.3 Å². The van der Waals surface area contributed by atoms with Gasteiger partial charge >= 0.3 is 5.69 Å². The van der Waals surface area contributed by atoms with E-state index >= 15 is 0 Å². The second-order valence-electron chi connectivity index (χ2n) is 2.88. The number of aromatic nitrogens is 2. The second kappa shape index (κ2) is 4.16. The van der Waals surface area contributed by atoms with Gasteiger partial charge in [-0.2, -0.15) is 4.39 Å². The van der Waals surface area contributed by atoms with E-state index in [1.54, 1.807) is 0 Å². The zero-order valence-corrected chi connectivity index (χ0v) is 7.37. The van der Waals surface area contributed by atoms with E-state index in [1.807, 2.05) is 4.98 Å². The van der Waals surface area contributed by atoms with Crippen molar-refractivity contribution in [2.75, 3.05) is 6.54 Å². The third-order valence-electron chi connectivity index (χ3n) is 1.70. The van der Waals surface area contributed by atoms with Crippen molar-refractivity contribution < 1.29 is 4.39 Å². The molecule has 0 fully saturated rings. The zero-order chi connectivity index (χ0) is 10.7. The molecule has 14 heavy (non-hydrogen) atoms. The lowest BCUT2D eigenvalue weighted by Gasteiger charge is -2.09. The molecule has 1 heterocycles. The van der Waals surface area contributed by atoms with Gasteiger partial charge in [0.25, 0.3) is 5.56 Å². The molecule has 1 rings (SSSR count). The van der Waals surface area contributed by atoms with Crippen LogP contribution in [0.5, 0.6) is 0 Å². The number of hydrogen-bond acceptors (Lipinski definition) is 4. The van der Waals surface area contributed by atoms with Crippen molar-refractivity contribution in [3.63, 3.8) is 0 Å². The summed E-state index contributed by atoms with van der Waals surface area (Å²) in [6.45, 7) is 0.246. The van der Waals surface area contributed by atoms with E-state index in [0.29, 0.717) is 0 Å². The Balaban J connectivity index is 3.04. The van der Waals surface area contributed by atoms with E-state index in [-0.39, 0.29) is 13.1 Å². The maximum Gasteiger partial charge on any atom is 0.328 e. The largest absolute Gasteiger partial charge is 0.329 e. The van der Waals surface area contributed by atoms with Crippen LogP contribution in [0, 0.1) is 5.82 Å². The van der Waals surface area contributed by atoms with Gasteiger partial charge in [0.15, 0.2) is 0 Å². The summed E-state index contributed by atoms with van der Waals surface area (Å²) < 4.78 is 13.7. The number of halogens is 1. The van der Waals surface area contributed by atoms with Crippen LogP contribution < -0.4 is 22.7 Å². The molecule has 0 amide bonds. The van der Waals surface area contributed by atoms with Gasteiger partial charge in [-0.15, -0.1) is 0 Å². The fourth-order valence-corrected chi connectivity index (χ4v) is 0.946.